The van der Waals surface area contributed by atoms with Gasteiger partial charge in [0.05, 0.1) is 11.1 Å². The lowest BCUT2D eigenvalue weighted by atomic mass is 10.1. The minimum absolute atomic E-state index is 0.0924. The van der Waals surface area contributed by atoms with Crippen LogP contribution in [0, 0.1) is 17.1 Å². The smallest absolute Gasteiger partial charge is 0.252 e. The van der Waals surface area contributed by atoms with Crippen LogP contribution in [-0.4, -0.2) is 5.91 Å². The van der Waals surface area contributed by atoms with E-state index in [1.807, 2.05) is 0 Å². The molecule has 5 nitrogen and oxygen atoms in total. The molecule has 1 amide bonds. The van der Waals surface area contributed by atoms with Gasteiger partial charge < -0.3 is 16.2 Å². The second kappa shape index (κ2) is 5.28. The predicted molar refractivity (Wildman–Crippen MR) is 70.6 cm³/mol. The molecule has 0 unspecified atom stereocenters. The summed E-state index contributed by atoms with van der Waals surface area (Å²) in [4.78, 5) is 11.3. The number of hydrogen-bond donors (Lipinski definition) is 2. The van der Waals surface area contributed by atoms with E-state index in [1.54, 1.807) is 6.07 Å². The fraction of sp³-hybridized carbons (Fsp3) is 0. The van der Waals surface area contributed by atoms with Gasteiger partial charge in [-0.15, -0.1) is 0 Å². The molecule has 0 aromatic heterocycles. The SMILES string of the molecule is N#Cc1ccc(Oc2ccc(N)cc2C(N)=O)cc1F. The molecule has 4 N–H and O–H groups in total. The summed E-state index contributed by atoms with van der Waals surface area (Å²) in [5.74, 6) is -1.10. The van der Waals surface area contributed by atoms with E-state index in [-0.39, 0.29) is 22.6 Å². The topological polar surface area (TPSA) is 102 Å². The molecule has 2 rings (SSSR count). The highest BCUT2D eigenvalue weighted by Crippen LogP contribution is 2.27. The Balaban J connectivity index is 2.38. The van der Waals surface area contributed by atoms with Crippen LogP contribution < -0.4 is 16.2 Å². The standard InChI is InChI=1S/C14H10FN3O2/c15-12-6-10(3-1-8(12)7-16)20-13-4-2-9(17)5-11(13)14(18)19/h1-6H,17H2,(H2,18,19). The third-order valence-electron chi connectivity index (χ3n) is 2.56. The fourth-order valence-corrected chi connectivity index (χ4v) is 1.61. The van der Waals surface area contributed by atoms with Crippen LogP contribution in [0.4, 0.5) is 10.1 Å². The number of nitrogen functional groups attached to an aromatic ring is 1. The number of carbonyl (C=O) groups excluding carboxylic acids is 1. The van der Waals surface area contributed by atoms with Crippen molar-refractivity contribution in [1.29, 1.82) is 5.26 Å². The number of anilines is 1. The molecule has 0 fully saturated rings. The molecule has 0 saturated carbocycles. The number of nitriles is 1. The van der Waals surface area contributed by atoms with E-state index in [0.717, 1.165) is 6.07 Å². The Morgan fingerprint density at radius 3 is 2.60 bits per heavy atom. The highest BCUT2D eigenvalue weighted by molar-refractivity contribution is 5.96. The Kier molecular flexibility index (Phi) is 3.53. The van der Waals surface area contributed by atoms with Crippen LogP contribution in [0.5, 0.6) is 11.5 Å². The molecule has 0 heterocycles. The summed E-state index contributed by atoms with van der Waals surface area (Å²) < 4.78 is 18.9. The van der Waals surface area contributed by atoms with Crippen molar-refractivity contribution in [3.63, 3.8) is 0 Å². The van der Waals surface area contributed by atoms with Gasteiger partial charge in [0.1, 0.15) is 23.4 Å². The first-order valence-electron chi connectivity index (χ1n) is 5.58. The number of ether oxygens (including phenoxy) is 1. The van der Waals surface area contributed by atoms with Crippen LogP contribution in [0.25, 0.3) is 0 Å². The number of halogens is 1. The summed E-state index contributed by atoms with van der Waals surface area (Å²) in [6.45, 7) is 0. The highest BCUT2D eigenvalue weighted by atomic mass is 19.1. The number of benzene rings is 2. The Hall–Kier alpha value is -3.07. The van der Waals surface area contributed by atoms with Crippen LogP contribution in [0.3, 0.4) is 0 Å². The van der Waals surface area contributed by atoms with Gasteiger partial charge in [-0.25, -0.2) is 4.39 Å². The maximum atomic E-state index is 13.5. The molecule has 0 aliphatic heterocycles. The van der Waals surface area contributed by atoms with Gasteiger partial charge in [-0.05, 0) is 30.3 Å². The zero-order valence-corrected chi connectivity index (χ0v) is 10.3. The lowest BCUT2D eigenvalue weighted by Gasteiger charge is -2.10. The van der Waals surface area contributed by atoms with Crippen molar-refractivity contribution < 1.29 is 13.9 Å². The maximum absolute atomic E-state index is 13.5. The molecule has 0 spiro atoms. The van der Waals surface area contributed by atoms with Gasteiger partial charge in [0.15, 0.2) is 0 Å². The number of nitrogens with two attached hydrogens (primary N) is 2. The normalized spacial score (nSPS) is 9.80. The van der Waals surface area contributed by atoms with E-state index in [0.29, 0.717) is 5.69 Å². The van der Waals surface area contributed by atoms with Crippen molar-refractivity contribution in [3.05, 3.63) is 53.3 Å². The van der Waals surface area contributed by atoms with Crippen LogP contribution in [0.1, 0.15) is 15.9 Å². The number of primary amides is 1. The highest BCUT2D eigenvalue weighted by Gasteiger charge is 2.12. The van der Waals surface area contributed by atoms with Gasteiger partial charge in [-0.2, -0.15) is 5.26 Å². The van der Waals surface area contributed by atoms with Crippen molar-refractivity contribution in [2.24, 2.45) is 5.73 Å². The molecule has 0 bridgehead atoms. The zero-order valence-electron chi connectivity index (χ0n) is 10.3. The number of nitrogens with zero attached hydrogens (tertiary/aromatic N) is 1. The van der Waals surface area contributed by atoms with E-state index in [1.165, 1.54) is 30.3 Å². The van der Waals surface area contributed by atoms with Gasteiger partial charge in [0.25, 0.3) is 5.91 Å². The van der Waals surface area contributed by atoms with Crippen molar-refractivity contribution in [2.45, 2.75) is 0 Å². The van der Waals surface area contributed by atoms with Crippen molar-refractivity contribution in [2.75, 3.05) is 5.73 Å². The minimum Gasteiger partial charge on any atom is -0.456 e. The Bertz CT molecular complexity index is 723. The maximum Gasteiger partial charge on any atom is 0.252 e. The molecule has 0 radical (unpaired) electrons. The van der Waals surface area contributed by atoms with Crippen LogP contribution >= 0.6 is 0 Å². The molecule has 0 aliphatic rings. The molecule has 2 aromatic carbocycles. The summed E-state index contributed by atoms with van der Waals surface area (Å²) in [5.41, 5.74) is 11.1. The Labute approximate surface area is 114 Å². The second-order valence-corrected chi connectivity index (χ2v) is 3.98. The first kappa shape index (κ1) is 13.4. The number of rotatable bonds is 3. The predicted octanol–water partition coefficient (Wildman–Crippen LogP) is 2.17. The van der Waals surface area contributed by atoms with E-state index >= 15 is 0 Å². The average molecular weight is 271 g/mol. The van der Waals surface area contributed by atoms with Crippen LogP contribution in [0.15, 0.2) is 36.4 Å². The van der Waals surface area contributed by atoms with Gasteiger partial charge >= 0.3 is 0 Å². The number of hydrogen-bond acceptors (Lipinski definition) is 4. The van der Waals surface area contributed by atoms with Crippen LogP contribution in [-0.2, 0) is 0 Å². The van der Waals surface area contributed by atoms with E-state index in [2.05, 4.69) is 0 Å². The van der Waals surface area contributed by atoms with Crippen molar-refractivity contribution in [1.82, 2.24) is 0 Å². The van der Waals surface area contributed by atoms with E-state index in [4.69, 9.17) is 21.5 Å². The third-order valence-corrected chi connectivity index (χ3v) is 2.56. The number of amides is 1. The Morgan fingerprint density at radius 1 is 1.25 bits per heavy atom. The van der Waals surface area contributed by atoms with Gasteiger partial charge in [-0.1, -0.05) is 0 Å². The molecular weight excluding hydrogens is 261 g/mol. The summed E-state index contributed by atoms with van der Waals surface area (Å²) in [6, 6.07) is 9.83. The van der Waals surface area contributed by atoms with Crippen molar-refractivity contribution in [3.8, 4) is 17.6 Å². The Morgan fingerprint density at radius 2 is 2.00 bits per heavy atom. The molecule has 2 aromatic rings. The number of carbonyl (C=O) groups is 1. The monoisotopic (exact) mass is 271 g/mol. The van der Waals surface area contributed by atoms with E-state index < -0.39 is 11.7 Å². The first-order valence-corrected chi connectivity index (χ1v) is 5.58. The average Bonchev–Trinajstić information content (AvgIpc) is 2.41. The second-order valence-electron chi connectivity index (χ2n) is 3.98. The molecule has 6 heteroatoms. The molecule has 0 aliphatic carbocycles. The van der Waals surface area contributed by atoms with Gasteiger partial charge in [0, 0.05) is 11.8 Å². The summed E-state index contributed by atoms with van der Waals surface area (Å²) >= 11 is 0. The lowest BCUT2D eigenvalue weighted by molar-refractivity contribution is 0.0998. The first-order chi connectivity index (χ1) is 9.51. The largest absolute Gasteiger partial charge is 0.456 e. The third kappa shape index (κ3) is 2.67. The summed E-state index contributed by atoms with van der Waals surface area (Å²) in [7, 11) is 0. The minimum atomic E-state index is -0.707. The van der Waals surface area contributed by atoms with Gasteiger partial charge in [0.2, 0.25) is 0 Å². The molecular formula is C14H10FN3O2. The quantitative estimate of drug-likeness (QED) is 0.835. The molecule has 20 heavy (non-hydrogen) atoms. The summed E-state index contributed by atoms with van der Waals surface area (Å²) in [5, 5.41) is 8.64. The summed E-state index contributed by atoms with van der Waals surface area (Å²) in [6.07, 6.45) is 0. The lowest BCUT2D eigenvalue weighted by Crippen LogP contribution is -2.12. The molecule has 0 atom stereocenters. The van der Waals surface area contributed by atoms with E-state index in [9.17, 15) is 9.18 Å². The van der Waals surface area contributed by atoms with Crippen LogP contribution in [0.2, 0.25) is 0 Å². The van der Waals surface area contributed by atoms with Gasteiger partial charge in [-0.3, -0.25) is 4.79 Å². The zero-order chi connectivity index (χ0) is 14.7. The molecule has 100 valence electrons. The van der Waals surface area contributed by atoms with Crippen molar-refractivity contribution >= 4 is 11.6 Å². The fourth-order valence-electron chi connectivity index (χ4n) is 1.61. The molecule has 0 saturated heterocycles.